The number of benzene rings is 1. The molecule has 0 aliphatic heterocycles. The third-order valence-corrected chi connectivity index (χ3v) is 3.26. The van der Waals surface area contributed by atoms with Crippen LogP contribution < -0.4 is 0 Å². The molecule has 0 amide bonds. The molecule has 0 N–H and O–H groups in total. The molecule has 17 heavy (non-hydrogen) atoms. The van der Waals surface area contributed by atoms with E-state index in [0.29, 0.717) is 12.0 Å². The second-order valence-corrected chi connectivity index (χ2v) is 4.56. The monoisotopic (exact) mass is 238 g/mol. The zero-order valence-corrected chi connectivity index (χ0v) is 11.1. The van der Waals surface area contributed by atoms with Crippen molar-refractivity contribution in [2.75, 3.05) is 7.11 Å². The predicted octanol–water partition coefficient (Wildman–Crippen LogP) is 3.44. The number of Topliss-reactive ketones (excluding diaryl/α,β-unsaturated/α-hetero) is 1. The lowest BCUT2D eigenvalue weighted by atomic mass is 9.89. The minimum Gasteiger partial charge on any atom is -0.370 e. The van der Waals surface area contributed by atoms with E-state index in [1.807, 2.05) is 13.0 Å². The molecule has 1 rings (SSSR count). The van der Waals surface area contributed by atoms with Gasteiger partial charge in [0.25, 0.3) is 0 Å². The number of carbonyl (C=O) groups is 1. The molecule has 0 aliphatic carbocycles. The minimum atomic E-state index is -0.957. The first kappa shape index (κ1) is 13.8. The fourth-order valence-corrected chi connectivity index (χ4v) is 1.87. The smallest absolute Gasteiger partial charge is 0.197 e. The Morgan fingerprint density at radius 2 is 2.00 bits per heavy atom. The maximum atomic E-state index is 13.9. The van der Waals surface area contributed by atoms with Gasteiger partial charge in [-0.05, 0) is 44.4 Å². The lowest BCUT2D eigenvalue weighted by molar-refractivity contribution is 0.0102. The summed E-state index contributed by atoms with van der Waals surface area (Å²) < 4.78 is 19.1. The Labute approximate surface area is 102 Å². The van der Waals surface area contributed by atoms with Crippen LogP contribution in [0.25, 0.3) is 0 Å². The summed E-state index contributed by atoms with van der Waals surface area (Å²) in [5.41, 5.74) is 0.652. The first-order valence-electron chi connectivity index (χ1n) is 5.72. The molecular weight excluding hydrogens is 219 g/mol. The highest BCUT2D eigenvalue weighted by atomic mass is 19.1. The Morgan fingerprint density at radius 3 is 2.41 bits per heavy atom. The van der Waals surface area contributed by atoms with Crippen LogP contribution in [0.3, 0.4) is 0 Å². The van der Waals surface area contributed by atoms with Crippen LogP contribution in [-0.4, -0.2) is 18.5 Å². The summed E-state index contributed by atoms with van der Waals surface area (Å²) in [5.74, 6) is -0.762. The van der Waals surface area contributed by atoms with Gasteiger partial charge in [-0.2, -0.15) is 0 Å². The average Bonchev–Trinajstić information content (AvgIpc) is 2.26. The van der Waals surface area contributed by atoms with Crippen molar-refractivity contribution in [2.45, 2.75) is 39.7 Å². The van der Waals surface area contributed by atoms with Crippen LogP contribution in [-0.2, 0) is 4.74 Å². The molecular formula is C14H19FO2. The summed E-state index contributed by atoms with van der Waals surface area (Å²) in [7, 11) is 1.48. The largest absolute Gasteiger partial charge is 0.370 e. The van der Waals surface area contributed by atoms with Gasteiger partial charge in [0.15, 0.2) is 5.78 Å². The fraction of sp³-hybridized carbons (Fsp3) is 0.500. The third-order valence-electron chi connectivity index (χ3n) is 3.26. The van der Waals surface area contributed by atoms with Crippen LogP contribution >= 0.6 is 0 Å². The molecule has 1 atom stereocenters. The highest BCUT2D eigenvalue weighted by Crippen LogP contribution is 2.25. The van der Waals surface area contributed by atoms with Gasteiger partial charge in [-0.15, -0.1) is 0 Å². The second-order valence-electron chi connectivity index (χ2n) is 4.56. The van der Waals surface area contributed by atoms with Gasteiger partial charge in [0.1, 0.15) is 11.4 Å². The van der Waals surface area contributed by atoms with Gasteiger partial charge in [0.05, 0.1) is 5.56 Å². The van der Waals surface area contributed by atoms with E-state index in [2.05, 4.69) is 0 Å². The Bertz CT molecular complexity index is 411. The van der Waals surface area contributed by atoms with Crippen molar-refractivity contribution in [3.8, 4) is 0 Å². The lowest BCUT2D eigenvalue weighted by Crippen LogP contribution is -2.37. The molecule has 0 aliphatic rings. The van der Waals surface area contributed by atoms with Crippen molar-refractivity contribution in [1.82, 2.24) is 0 Å². The molecule has 0 radical (unpaired) electrons. The molecule has 0 saturated carbocycles. The number of rotatable bonds is 4. The molecule has 94 valence electrons. The molecule has 1 unspecified atom stereocenters. The summed E-state index contributed by atoms with van der Waals surface area (Å²) in [6.45, 7) is 7.09. The van der Waals surface area contributed by atoms with Crippen LogP contribution in [0, 0.1) is 19.7 Å². The van der Waals surface area contributed by atoms with Gasteiger partial charge >= 0.3 is 0 Å². The van der Waals surface area contributed by atoms with Crippen LogP contribution in [0.1, 0.15) is 41.8 Å². The minimum absolute atomic E-state index is 0.141. The van der Waals surface area contributed by atoms with E-state index in [1.165, 1.54) is 13.2 Å². The average molecular weight is 238 g/mol. The van der Waals surface area contributed by atoms with Crippen LogP contribution in [0.2, 0.25) is 0 Å². The number of ketones is 1. The highest BCUT2D eigenvalue weighted by Gasteiger charge is 2.34. The summed E-state index contributed by atoms with van der Waals surface area (Å²) in [5, 5.41) is 0. The number of methoxy groups -OCH3 is 1. The zero-order chi connectivity index (χ0) is 13.2. The molecule has 0 bridgehead atoms. The normalized spacial score (nSPS) is 14.5. The number of ether oxygens (including phenoxy) is 1. The molecule has 0 aromatic heterocycles. The Balaban J connectivity index is 3.30. The SMILES string of the molecule is CCC(C)(OC)C(=O)c1c(C)cc(C)cc1F. The van der Waals surface area contributed by atoms with Crippen molar-refractivity contribution in [3.63, 3.8) is 0 Å². The van der Waals surface area contributed by atoms with Gasteiger partial charge in [-0.25, -0.2) is 4.39 Å². The van der Waals surface area contributed by atoms with Crippen molar-refractivity contribution in [3.05, 3.63) is 34.6 Å². The zero-order valence-electron chi connectivity index (χ0n) is 11.1. The summed E-state index contributed by atoms with van der Waals surface area (Å²) in [6.07, 6.45) is 0.509. The molecule has 3 heteroatoms. The van der Waals surface area contributed by atoms with Crippen molar-refractivity contribution < 1.29 is 13.9 Å². The first-order valence-corrected chi connectivity index (χ1v) is 5.72. The predicted molar refractivity (Wildman–Crippen MR) is 65.9 cm³/mol. The van der Waals surface area contributed by atoms with Gasteiger partial charge < -0.3 is 4.74 Å². The number of halogens is 1. The number of hydrogen-bond acceptors (Lipinski definition) is 2. The maximum absolute atomic E-state index is 13.9. The molecule has 1 aromatic carbocycles. The van der Waals surface area contributed by atoms with Crippen molar-refractivity contribution >= 4 is 5.78 Å². The molecule has 0 heterocycles. The fourth-order valence-electron chi connectivity index (χ4n) is 1.87. The molecule has 1 aromatic rings. The topological polar surface area (TPSA) is 26.3 Å². The van der Waals surface area contributed by atoms with E-state index in [9.17, 15) is 9.18 Å². The molecule has 0 fully saturated rings. The summed E-state index contributed by atoms with van der Waals surface area (Å²) in [6, 6.07) is 3.19. The second kappa shape index (κ2) is 4.96. The standard InChI is InChI=1S/C14H19FO2/c1-6-14(4,17-5)13(16)12-10(3)7-9(2)8-11(12)15/h7-8H,6H2,1-5H3. The van der Waals surface area contributed by atoms with E-state index in [0.717, 1.165) is 5.56 Å². The quantitative estimate of drug-likeness (QED) is 0.751. The van der Waals surface area contributed by atoms with Crippen LogP contribution in [0.5, 0.6) is 0 Å². The Morgan fingerprint density at radius 1 is 1.41 bits per heavy atom. The molecule has 0 saturated heterocycles. The van der Waals surface area contributed by atoms with Gasteiger partial charge in [-0.3, -0.25) is 4.79 Å². The summed E-state index contributed by atoms with van der Waals surface area (Å²) in [4.78, 5) is 12.3. The van der Waals surface area contributed by atoms with Crippen molar-refractivity contribution in [1.29, 1.82) is 0 Å². The van der Waals surface area contributed by atoms with E-state index in [1.54, 1.807) is 20.8 Å². The van der Waals surface area contributed by atoms with Crippen LogP contribution in [0.15, 0.2) is 12.1 Å². The van der Waals surface area contributed by atoms with Gasteiger partial charge in [0, 0.05) is 7.11 Å². The van der Waals surface area contributed by atoms with E-state index in [-0.39, 0.29) is 11.3 Å². The third kappa shape index (κ3) is 2.55. The van der Waals surface area contributed by atoms with E-state index < -0.39 is 11.4 Å². The molecule has 0 spiro atoms. The number of carbonyl (C=O) groups excluding carboxylic acids is 1. The lowest BCUT2D eigenvalue weighted by Gasteiger charge is -2.26. The first-order chi connectivity index (χ1) is 7.85. The van der Waals surface area contributed by atoms with Crippen molar-refractivity contribution in [2.24, 2.45) is 0 Å². The molecule has 2 nitrogen and oxygen atoms in total. The van der Waals surface area contributed by atoms with Crippen LogP contribution in [0.4, 0.5) is 4.39 Å². The Hall–Kier alpha value is -1.22. The number of aryl methyl sites for hydroxylation is 2. The van der Waals surface area contributed by atoms with E-state index >= 15 is 0 Å². The summed E-state index contributed by atoms with van der Waals surface area (Å²) >= 11 is 0. The maximum Gasteiger partial charge on any atom is 0.197 e. The Kier molecular flexibility index (Phi) is 4.04. The van der Waals surface area contributed by atoms with E-state index in [4.69, 9.17) is 4.74 Å². The highest BCUT2D eigenvalue weighted by molar-refractivity contribution is 6.03. The van der Waals surface area contributed by atoms with Gasteiger partial charge in [0.2, 0.25) is 0 Å². The van der Waals surface area contributed by atoms with Gasteiger partial charge in [-0.1, -0.05) is 13.0 Å². The number of hydrogen-bond donors (Lipinski definition) is 0.